The molecule has 7 heteroatoms. The Balaban J connectivity index is 1.63. The zero-order chi connectivity index (χ0) is 25.4. The van der Waals surface area contributed by atoms with Gasteiger partial charge in [0.05, 0.1) is 24.3 Å². The van der Waals surface area contributed by atoms with Crippen LogP contribution in [0, 0.1) is 6.92 Å². The van der Waals surface area contributed by atoms with E-state index in [4.69, 9.17) is 4.74 Å². The number of methoxy groups -OCH3 is 1. The van der Waals surface area contributed by atoms with Gasteiger partial charge in [-0.2, -0.15) is 0 Å². The number of hydrogen-bond donors (Lipinski definition) is 2. The van der Waals surface area contributed by atoms with Crippen molar-refractivity contribution in [2.45, 2.75) is 19.5 Å². The van der Waals surface area contributed by atoms with Crippen LogP contribution in [0.3, 0.4) is 0 Å². The summed E-state index contributed by atoms with van der Waals surface area (Å²) in [6.45, 7) is 2.03. The molecule has 1 amide bonds. The first kappa shape index (κ1) is 23.1. The third kappa shape index (κ3) is 3.84. The van der Waals surface area contributed by atoms with Crippen LogP contribution in [0.15, 0.2) is 84.6 Å². The summed E-state index contributed by atoms with van der Waals surface area (Å²) in [5.41, 5.74) is 4.08. The number of fused-ring (bicyclic) bond motifs is 1. The molecule has 1 atom stereocenters. The van der Waals surface area contributed by atoms with Crippen LogP contribution < -0.4 is 0 Å². The van der Waals surface area contributed by atoms with Crippen molar-refractivity contribution in [2.24, 2.45) is 0 Å². The number of aliphatic hydroxyl groups is 1. The van der Waals surface area contributed by atoms with E-state index < -0.39 is 23.7 Å². The van der Waals surface area contributed by atoms with Gasteiger partial charge in [0.25, 0.3) is 11.7 Å². The minimum absolute atomic E-state index is 0.0465. The van der Waals surface area contributed by atoms with Gasteiger partial charge in [0.15, 0.2) is 0 Å². The highest BCUT2D eigenvalue weighted by molar-refractivity contribution is 6.46. The molecule has 1 fully saturated rings. The molecule has 1 saturated heterocycles. The van der Waals surface area contributed by atoms with Crippen molar-refractivity contribution in [3.8, 4) is 0 Å². The number of esters is 1. The molecule has 0 spiro atoms. The molecule has 5 rings (SSSR count). The fraction of sp³-hybridized carbons (Fsp3) is 0.138. The summed E-state index contributed by atoms with van der Waals surface area (Å²) >= 11 is 0. The number of carbonyl (C=O) groups excluding carboxylic acids is 3. The maximum atomic E-state index is 13.4. The second-order valence-corrected chi connectivity index (χ2v) is 8.72. The van der Waals surface area contributed by atoms with Gasteiger partial charge >= 0.3 is 5.97 Å². The molecule has 36 heavy (non-hydrogen) atoms. The number of ether oxygens (including phenoxy) is 1. The molecule has 0 radical (unpaired) electrons. The Bertz CT molecular complexity index is 1530. The molecule has 4 aromatic rings. The van der Waals surface area contributed by atoms with E-state index in [9.17, 15) is 19.5 Å². The summed E-state index contributed by atoms with van der Waals surface area (Å²) in [6.07, 6.45) is 1.65. The molecule has 0 bridgehead atoms. The number of hydrogen-bond acceptors (Lipinski definition) is 5. The van der Waals surface area contributed by atoms with Gasteiger partial charge in [-0.05, 0) is 41.8 Å². The van der Waals surface area contributed by atoms with Gasteiger partial charge in [-0.1, -0.05) is 54.6 Å². The fourth-order valence-electron chi connectivity index (χ4n) is 4.73. The summed E-state index contributed by atoms with van der Waals surface area (Å²) in [6, 6.07) is 20.9. The Morgan fingerprint density at radius 2 is 1.69 bits per heavy atom. The minimum atomic E-state index is -0.778. The van der Waals surface area contributed by atoms with Crippen LogP contribution in [0.25, 0.3) is 16.7 Å². The quantitative estimate of drug-likeness (QED) is 0.183. The number of aromatic nitrogens is 1. The number of aliphatic hydroxyl groups excluding tert-OH is 1. The number of Topliss-reactive ketones (excluding diaryl/α,β-unsaturated/α-hetero) is 1. The lowest BCUT2D eigenvalue weighted by Crippen LogP contribution is -2.29. The molecular weight excluding hydrogens is 456 g/mol. The Morgan fingerprint density at radius 1 is 1.00 bits per heavy atom. The number of aryl methyl sites for hydroxylation is 1. The second-order valence-electron chi connectivity index (χ2n) is 8.72. The van der Waals surface area contributed by atoms with Crippen molar-refractivity contribution in [3.05, 3.63) is 112 Å². The smallest absolute Gasteiger partial charge is 0.337 e. The number of aromatic amines is 1. The molecule has 0 saturated carbocycles. The van der Waals surface area contributed by atoms with Crippen LogP contribution in [0.1, 0.15) is 38.7 Å². The number of amides is 1. The van der Waals surface area contributed by atoms with Crippen LogP contribution in [-0.2, 0) is 20.9 Å². The Kier molecular flexibility index (Phi) is 5.90. The van der Waals surface area contributed by atoms with Gasteiger partial charge in [0.2, 0.25) is 0 Å². The number of ketones is 1. The molecule has 7 nitrogen and oxygen atoms in total. The molecular formula is C29H24N2O5. The van der Waals surface area contributed by atoms with E-state index in [0.29, 0.717) is 11.1 Å². The third-order valence-electron chi connectivity index (χ3n) is 6.60. The zero-order valence-corrected chi connectivity index (χ0v) is 19.8. The van der Waals surface area contributed by atoms with Gasteiger partial charge < -0.3 is 19.7 Å². The second kappa shape index (κ2) is 9.19. The van der Waals surface area contributed by atoms with Crippen LogP contribution in [0.4, 0.5) is 0 Å². The number of H-pyrrole nitrogens is 1. The molecule has 0 aliphatic carbocycles. The molecule has 1 aliphatic heterocycles. The Hall–Kier alpha value is -4.65. The van der Waals surface area contributed by atoms with Crippen molar-refractivity contribution >= 4 is 34.3 Å². The van der Waals surface area contributed by atoms with Crippen LogP contribution >= 0.6 is 0 Å². The SMILES string of the molecule is COC(=O)c1ccc(CN2C(=O)C(=O)/C(=C(/O)c3c[nH]c4ccccc34)C2c2ccccc2C)cc1. The number of para-hydroxylation sites is 1. The van der Waals surface area contributed by atoms with Gasteiger partial charge in [0.1, 0.15) is 5.76 Å². The van der Waals surface area contributed by atoms with Crippen LogP contribution in [0.5, 0.6) is 0 Å². The van der Waals surface area contributed by atoms with Gasteiger partial charge in [0, 0.05) is 29.2 Å². The summed E-state index contributed by atoms with van der Waals surface area (Å²) in [7, 11) is 1.31. The Labute approximate surface area is 207 Å². The van der Waals surface area contributed by atoms with Gasteiger partial charge in [-0.25, -0.2) is 4.79 Å². The van der Waals surface area contributed by atoms with Crippen LogP contribution in [0.2, 0.25) is 0 Å². The predicted octanol–water partition coefficient (Wildman–Crippen LogP) is 4.88. The van der Waals surface area contributed by atoms with E-state index >= 15 is 0 Å². The molecule has 3 aromatic carbocycles. The molecule has 1 aromatic heterocycles. The number of rotatable bonds is 5. The standard InChI is InChI=1S/C29H24N2O5/c1-17-7-3-4-8-20(17)25-24(26(32)22-15-30-23-10-6-5-9-21(22)23)27(33)28(34)31(25)16-18-11-13-19(14-12-18)29(35)36-2/h3-15,25,30,32H,16H2,1-2H3/b26-24+. The van der Waals surface area contributed by atoms with E-state index in [-0.39, 0.29) is 17.9 Å². The van der Waals surface area contributed by atoms with E-state index in [1.165, 1.54) is 12.0 Å². The van der Waals surface area contributed by atoms with Gasteiger partial charge in [-0.15, -0.1) is 0 Å². The number of nitrogens with one attached hydrogen (secondary N) is 1. The number of likely N-dealkylation sites (tertiary alicyclic amines) is 1. The lowest BCUT2D eigenvalue weighted by atomic mass is 9.92. The van der Waals surface area contributed by atoms with E-state index in [2.05, 4.69) is 4.98 Å². The van der Waals surface area contributed by atoms with E-state index in [1.807, 2.05) is 55.5 Å². The lowest BCUT2D eigenvalue weighted by molar-refractivity contribution is -0.140. The maximum absolute atomic E-state index is 13.4. The van der Waals surface area contributed by atoms with E-state index in [0.717, 1.165) is 27.6 Å². The normalized spacial score (nSPS) is 17.1. The van der Waals surface area contributed by atoms with Crippen molar-refractivity contribution < 1.29 is 24.2 Å². The summed E-state index contributed by atoms with van der Waals surface area (Å²) < 4.78 is 4.75. The topological polar surface area (TPSA) is 99.7 Å². The number of carbonyl (C=O) groups is 3. The number of nitrogens with zero attached hydrogens (tertiary/aromatic N) is 1. The molecule has 2 heterocycles. The summed E-state index contributed by atoms with van der Waals surface area (Å²) in [5.74, 6) is -2.11. The molecule has 1 unspecified atom stereocenters. The van der Waals surface area contributed by atoms with Crippen molar-refractivity contribution in [3.63, 3.8) is 0 Å². The summed E-state index contributed by atoms with van der Waals surface area (Å²) in [5, 5.41) is 12.2. The highest BCUT2D eigenvalue weighted by atomic mass is 16.5. The summed E-state index contributed by atoms with van der Waals surface area (Å²) in [4.78, 5) is 43.1. The highest BCUT2D eigenvalue weighted by Crippen LogP contribution is 2.42. The van der Waals surface area contributed by atoms with Crippen molar-refractivity contribution in [1.29, 1.82) is 0 Å². The van der Waals surface area contributed by atoms with E-state index in [1.54, 1.807) is 30.5 Å². The highest BCUT2D eigenvalue weighted by Gasteiger charge is 2.46. The first-order valence-corrected chi connectivity index (χ1v) is 11.5. The van der Waals surface area contributed by atoms with Gasteiger partial charge in [-0.3, -0.25) is 9.59 Å². The minimum Gasteiger partial charge on any atom is -0.507 e. The molecule has 180 valence electrons. The Morgan fingerprint density at radius 3 is 2.42 bits per heavy atom. The maximum Gasteiger partial charge on any atom is 0.337 e. The average Bonchev–Trinajstić information content (AvgIpc) is 3.43. The van der Waals surface area contributed by atoms with Crippen LogP contribution in [-0.4, -0.2) is 39.8 Å². The third-order valence-corrected chi connectivity index (χ3v) is 6.60. The van der Waals surface area contributed by atoms with Crippen molar-refractivity contribution in [2.75, 3.05) is 7.11 Å². The van der Waals surface area contributed by atoms with Crippen molar-refractivity contribution in [1.82, 2.24) is 9.88 Å². The largest absolute Gasteiger partial charge is 0.507 e. The zero-order valence-electron chi connectivity index (χ0n) is 19.8. The molecule has 2 N–H and O–H groups in total. The monoisotopic (exact) mass is 480 g/mol. The first-order valence-electron chi connectivity index (χ1n) is 11.5. The number of benzene rings is 3. The lowest BCUT2D eigenvalue weighted by Gasteiger charge is -2.26. The predicted molar refractivity (Wildman–Crippen MR) is 135 cm³/mol. The molecule has 1 aliphatic rings. The average molecular weight is 481 g/mol. The fourth-order valence-corrected chi connectivity index (χ4v) is 4.73. The first-order chi connectivity index (χ1) is 17.4.